The van der Waals surface area contributed by atoms with E-state index in [9.17, 15) is 10.0 Å². The number of aromatic nitrogens is 1. The molecular formula is C23H27N3O2. The van der Waals surface area contributed by atoms with Gasteiger partial charge in [-0.25, -0.2) is 5.06 Å². The van der Waals surface area contributed by atoms with Crippen LogP contribution in [0, 0.1) is 23.2 Å². The number of rotatable bonds is 5. The van der Waals surface area contributed by atoms with Gasteiger partial charge in [0, 0.05) is 23.8 Å². The molecule has 4 saturated carbocycles. The Morgan fingerprint density at radius 2 is 1.50 bits per heavy atom. The van der Waals surface area contributed by atoms with Gasteiger partial charge >= 0.3 is 0 Å². The van der Waals surface area contributed by atoms with Crippen LogP contribution >= 0.6 is 0 Å². The van der Waals surface area contributed by atoms with Gasteiger partial charge in [0.25, 0.3) is 5.91 Å². The second-order valence-electron chi connectivity index (χ2n) is 9.12. The van der Waals surface area contributed by atoms with Crippen LogP contribution in [0.2, 0.25) is 0 Å². The van der Waals surface area contributed by atoms with Crippen molar-refractivity contribution >= 4 is 17.3 Å². The van der Waals surface area contributed by atoms with E-state index in [0.29, 0.717) is 17.8 Å². The SMILES string of the molecule is O=C(N(O)Cc1ccc(Nc2ccncc2)cc1)C12CC3CC(CC(C3)C1)C2. The van der Waals surface area contributed by atoms with Gasteiger partial charge in [0.15, 0.2) is 0 Å². The van der Waals surface area contributed by atoms with E-state index in [4.69, 9.17) is 0 Å². The molecule has 146 valence electrons. The van der Waals surface area contributed by atoms with E-state index >= 15 is 0 Å². The molecule has 0 spiro atoms. The zero-order valence-electron chi connectivity index (χ0n) is 16.1. The smallest absolute Gasteiger partial charge is 0.252 e. The number of nitrogens with zero attached hydrogens (tertiary/aromatic N) is 2. The summed E-state index contributed by atoms with van der Waals surface area (Å²) in [5, 5.41) is 14.9. The molecule has 0 saturated heterocycles. The highest BCUT2D eigenvalue weighted by molar-refractivity contribution is 5.82. The quantitative estimate of drug-likeness (QED) is 0.582. The summed E-state index contributed by atoms with van der Waals surface area (Å²) in [5.74, 6) is 2.04. The van der Waals surface area contributed by atoms with Crippen LogP contribution in [0.25, 0.3) is 0 Å². The zero-order chi connectivity index (χ0) is 19.1. The summed E-state index contributed by atoms with van der Waals surface area (Å²) in [6.07, 6.45) is 10.3. The first-order chi connectivity index (χ1) is 13.6. The van der Waals surface area contributed by atoms with E-state index < -0.39 is 0 Å². The maximum Gasteiger partial charge on any atom is 0.252 e. The second-order valence-corrected chi connectivity index (χ2v) is 9.12. The first kappa shape index (κ1) is 17.7. The monoisotopic (exact) mass is 377 g/mol. The lowest BCUT2D eigenvalue weighted by Gasteiger charge is -2.56. The molecule has 6 rings (SSSR count). The van der Waals surface area contributed by atoms with E-state index in [0.717, 1.165) is 41.3 Å². The summed E-state index contributed by atoms with van der Waals surface area (Å²) >= 11 is 0. The predicted molar refractivity (Wildman–Crippen MR) is 107 cm³/mol. The molecule has 5 heteroatoms. The van der Waals surface area contributed by atoms with Gasteiger partial charge in [-0.3, -0.25) is 15.0 Å². The number of hydrogen-bond acceptors (Lipinski definition) is 4. The van der Waals surface area contributed by atoms with Crippen LogP contribution in [-0.4, -0.2) is 21.2 Å². The fourth-order valence-electron chi connectivity index (χ4n) is 6.19. The Morgan fingerprint density at radius 1 is 0.964 bits per heavy atom. The van der Waals surface area contributed by atoms with Crippen molar-refractivity contribution in [3.05, 3.63) is 54.4 Å². The van der Waals surface area contributed by atoms with Gasteiger partial charge < -0.3 is 5.32 Å². The van der Waals surface area contributed by atoms with E-state index in [-0.39, 0.29) is 17.9 Å². The Kier molecular flexibility index (Phi) is 4.35. The van der Waals surface area contributed by atoms with Crippen molar-refractivity contribution in [3.63, 3.8) is 0 Å². The largest absolute Gasteiger partial charge is 0.355 e. The molecule has 5 nitrogen and oxygen atoms in total. The molecule has 1 amide bonds. The van der Waals surface area contributed by atoms with Crippen molar-refractivity contribution < 1.29 is 10.0 Å². The first-order valence-electron chi connectivity index (χ1n) is 10.4. The minimum absolute atomic E-state index is 0.0504. The van der Waals surface area contributed by atoms with E-state index in [2.05, 4.69) is 10.3 Å². The summed E-state index contributed by atoms with van der Waals surface area (Å²) in [6.45, 7) is 0.246. The summed E-state index contributed by atoms with van der Waals surface area (Å²) in [7, 11) is 0. The highest BCUT2D eigenvalue weighted by Crippen LogP contribution is 2.60. The van der Waals surface area contributed by atoms with Crippen molar-refractivity contribution in [2.75, 3.05) is 5.32 Å². The van der Waals surface area contributed by atoms with Gasteiger partial charge in [0.2, 0.25) is 0 Å². The number of amides is 1. The maximum absolute atomic E-state index is 13.2. The van der Waals surface area contributed by atoms with Crippen LogP contribution in [0.15, 0.2) is 48.8 Å². The highest BCUT2D eigenvalue weighted by Gasteiger charge is 2.55. The molecule has 0 unspecified atom stereocenters. The summed E-state index contributed by atoms with van der Waals surface area (Å²) in [6, 6.07) is 11.7. The van der Waals surface area contributed by atoms with Gasteiger partial charge in [-0.05, 0) is 86.1 Å². The standard InChI is InChI=1S/C23H27N3O2/c27-22(23-12-17-9-18(13-23)11-19(10-17)14-23)26(28)15-16-1-3-20(4-2-16)25-21-5-7-24-8-6-21/h1-8,17-19,28H,9-15H2,(H,24,25). The summed E-state index contributed by atoms with van der Waals surface area (Å²) in [5.41, 5.74) is 2.57. The third kappa shape index (κ3) is 3.28. The van der Waals surface area contributed by atoms with Crippen molar-refractivity contribution in [3.8, 4) is 0 Å². The first-order valence-corrected chi connectivity index (χ1v) is 10.4. The molecule has 4 aliphatic carbocycles. The Morgan fingerprint density at radius 3 is 2.07 bits per heavy atom. The van der Waals surface area contributed by atoms with Gasteiger partial charge in [-0.1, -0.05) is 12.1 Å². The van der Waals surface area contributed by atoms with Crippen molar-refractivity contribution in [2.24, 2.45) is 23.2 Å². The lowest BCUT2D eigenvalue weighted by Crippen LogP contribution is -2.53. The molecule has 1 aromatic heterocycles. The number of carbonyl (C=O) groups excluding carboxylic acids is 1. The van der Waals surface area contributed by atoms with Crippen LogP contribution in [0.5, 0.6) is 0 Å². The number of benzene rings is 1. The van der Waals surface area contributed by atoms with Crippen LogP contribution in [0.1, 0.15) is 44.1 Å². The third-order valence-electron chi connectivity index (χ3n) is 6.98. The van der Waals surface area contributed by atoms with Crippen molar-refractivity contribution in [1.29, 1.82) is 0 Å². The van der Waals surface area contributed by atoms with Crippen molar-refractivity contribution in [2.45, 2.75) is 45.1 Å². The molecule has 0 atom stereocenters. The van der Waals surface area contributed by atoms with E-state index in [1.807, 2.05) is 36.4 Å². The van der Waals surface area contributed by atoms with Gasteiger partial charge in [0.1, 0.15) is 0 Å². The number of anilines is 2. The molecule has 1 heterocycles. The lowest BCUT2D eigenvalue weighted by atomic mass is 9.49. The highest BCUT2D eigenvalue weighted by atomic mass is 16.5. The van der Waals surface area contributed by atoms with Crippen LogP contribution < -0.4 is 5.32 Å². The molecular weight excluding hydrogens is 350 g/mol. The zero-order valence-corrected chi connectivity index (χ0v) is 16.1. The van der Waals surface area contributed by atoms with Crippen molar-refractivity contribution in [1.82, 2.24) is 10.0 Å². The van der Waals surface area contributed by atoms with Gasteiger partial charge in [-0.2, -0.15) is 0 Å². The second kappa shape index (κ2) is 6.89. The minimum Gasteiger partial charge on any atom is -0.355 e. The lowest BCUT2D eigenvalue weighted by molar-refractivity contribution is -0.193. The average Bonchev–Trinajstić information content (AvgIpc) is 2.68. The van der Waals surface area contributed by atoms with E-state index in [1.165, 1.54) is 19.3 Å². The van der Waals surface area contributed by atoms with Crippen LogP contribution in [0.3, 0.4) is 0 Å². The fraction of sp³-hybridized carbons (Fsp3) is 0.478. The number of pyridine rings is 1. The molecule has 2 aromatic rings. The predicted octanol–water partition coefficient (Wildman–Crippen LogP) is 4.76. The molecule has 4 bridgehead atoms. The molecule has 4 fully saturated rings. The Bertz CT molecular complexity index is 815. The number of carbonyl (C=O) groups is 1. The molecule has 0 aliphatic heterocycles. The molecule has 2 N–H and O–H groups in total. The normalized spacial score (nSPS) is 30.2. The van der Waals surface area contributed by atoms with Gasteiger partial charge in [-0.15, -0.1) is 0 Å². The van der Waals surface area contributed by atoms with E-state index in [1.54, 1.807) is 12.4 Å². The molecule has 1 aromatic carbocycles. The van der Waals surface area contributed by atoms with Crippen LogP contribution in [-0.2, 0) is 11.3 Å². The maximum atomic E-state index is 13.2. The topological polar surface area (TPSA) is 65.5 Å². The summed E-state index contributed by atoms with van der Waals surface area (Å²) in [4.78, 5) is 17.2. The Hall–Kier alpha value is -2.40. The Labute approximate surface area is 165 Å². The Balaban J connectivity index is 1.24. The van der Waals surface area contributed by atoms with Gasteiger partial charge in [0.05, 0.1) is 12.0 Å². The van der Waals surface area contributed by atoms with Crippen LogP contribution in [0.4, 0.5) is 11.4 Å². The fourth-order valence-corrected chi connectivity index (χ4v) is 6.19. The average molecular weight is 377 g/mol. The molecule has 28 heavy (non-hydrogen) atoms. The number of nitrogens with one attached hydrogen (secondary N) is 1. The minimum atomic E-state index is -0.299. The molecule has 4 aliphatic rings. The number of hydroxylamine groups is 2. The molecule has 0 radical (unpaired) electrons. The summed E-state index contributed by atoms with van der Waals surface area (Å²) < 4.78 is 0. The number of hydrogen-bond donors (Lipinski definition) is 2. The third-order valence-corrected chi connectivity index (χ3v) is 6.98.